The molecule has 1 N–H and O–H groups in total. The average molecular weight is 257 g/mol. The Morgan fingerprint density at radius 1 is 1.05 bits per heavy atom. The Morgan fingerprint density at radius 3 is 2.26 bits per heavy atom. The number of nitrogens with zero attached hydrogens (tertiary/aromatic N) is 1. The van der Waals surface area contributed by atoms with Crippen LogP contribution in [0.3, 0.4) is 0 Å². The minimum atomic E-state index is -0.103. The van der Waals surface area contributed by atoms with Crippen molar-refractivity contribution in [1.29, 1.82) is 0 Å². The van der Waals surface area contributed by atoms with Gasteiger partial charge in [-0.15, -0.1) is 0 Å². The van der Waals surface area contributed by atoms with E-state index in [-0.39, 0.29) is 29.4 Å². The fourth-order valence-corrected chi connectivity index (χ4v) is 4.30. The van der Waals surface area contributed by atoms with Crippen LogP contribution in [0.2, 0.25) is 0 Å². The molecule has 1 heterocycles. The number of rotatable bonds is 1. The van der Waals surface area contributed by atoms with Gasteiger partial charge >= 0.3 is 0 Å². The molecule has 0 aromatic heterocycles. The highest BCUT2D eigenvalue weighted by Gasteiger charge is 2.61. The van der Waals surface area contributed by atoms with E-state index < -0.39 is 0 Å². The van der Waals surface area contributed by atoms with Crippen LogP contribution in [0.25, 0.3) is 0 Å². The molecule has 4 heteroatoms. The van der Waals surface area contributed by atoms with Gasteiger partial charge in [0.15, 0.2) is 0 Å². The van der Waals surface area contributed by atoms with Crippen molar-refractivity contribution in [2.75, 3.05) is 4.90 Å². The molecule has 1 aromatic rings. The molecule has 4 rings (SSSR count). The lowest BCUT2D eigenvalue weighted by Crippen LogP contribution is -2.32. The first-order chi connectivity index (χ1) is 9.16. The summed E-state index contributed by atoms with van der Waals surface area (Å²) in [4.78, 5) is 26.3. The Hall–Kier alpha value is -1.84. The quantitative estimate of drug-likeness (QED) is 0.782. The lowest BCUT2D eigenvalue weighted by atomic mass is 9.81. The summed E-state index contributed by atoms with van der Waals surface area (Å²) in [5, 5.41) is 9.52. The van der Waals surface area contributed by atoms with Gasteiger partial charge in [-0.05, 0) is 43.2 Å². The summed E-state index contributed by atoms with van der Waals surface area (Å²) in [5.74, 6) is 0.545. The zero-order chi connectivity index (χ0) is 13.1. The number of imide groups is 1. The molecule has 3 fully saturated rings. The van der Waals surface area contributed by atoms with Gasteiger partial charge in [0, 0.05) is 6.07 Å². The van der Waals surface area contributed by atoms with Crippen molar-refractivity contribution in [2.45, 2.75) is 19.3 Å². The molecule has 98 valence electrons. The first kappa shape index (κ1) is 11.0. The molecule has 1 aliphatic heterocycles. The highest BCUT2D eigenvalue weighted by Crippen LogP contribution is 2.56. The normalized spacial score (nSPS) is 36.1. The fourth-order valence-electron chi connectivity index (χ4n) is 4.30. The number of phenolic OH excluding ortho intramolecular Hbond substituents is 1. The van der Waals surface area contributed by atoms with E-state index in [0.717, 1.165) is 19.3 Å². The van der Waals surface area contributed by atoms with E-state index in [1.54, 1.807) is 18.2 Å². The number of phenols is 1. The second-order valence-corrected chi connectivity index (χ2v) is 5.92. The number of hydrogen-bond acceptors (Lipinski definition) is 3. The summed E-state index contributed by atoms with van der Waals surface area (Å²) in [5.41, 5.74) is 0.504. The fraction of sp³-hybridized carbons (Fsp3) is 0.467. The molecule has 4 nitrogen and oxygen atoms in total. The van der Waals surface area contributed by atoms with Gasteiger partial charge in [-0.1, -0.05) is 6.07 Å². The molecular weight excluding hydrogens is 242 g/mol. The summed E-state index contributed by atoms with van der Waals surface area (Å²) in [6, 6.07) is 6.39. The third kappa shape index (κ3) is 1.34. The molecule has 1 saturated heterocycles. The van der Waals surface area contributed by atoms with E-state index >= 15 is 0 Å². The molecule has 2 saturated carbocycles. The summed E-state index contributed by atoms with van der Waals surface area (Å²) in [7, 11) is 0. The molecule has 4 atom stereocenters. The van der Waals surface area contributed by atoms with Crippen molar-refractivity contribution in [1.82, 2.24) is 0 Å². The summed E-state index contributed by atoms with van der Waals surface area (Å²) in [6.07, 6.45) is 3.21. The summed E-state index contributed by atoms with van der Waals surface area (Å²) in [6.45, 7) is 0. The van der Waals surface area contributed by atoms with Crippen molar-refractivity contribution in [3.05, 3.63) is 24.3 Å². The van der Waals surface area contributed by atoms with Crippen LogP contribution in [0.15, 0.2) is 24.3 Å². The van der Waals surface area contributed by atoms with E-state index in [0.29, 0.717) is 17.5 Å². The van der Waals surface area contributed by atoms with E-state index in [2.05, 4.69) is 0 Å². The maximum atomic E-state index is 12.5. The Kier molecular flexibility index (Phi) is 2.08. The number of fused-ring (bicyclic) bond motifs is 5. The molecule has 2 aliphatic carbocycles. The second-order valence-electron chi connectivity index (χ2n) is 5.92. The molecule has 0 spiro atoms. The van der Waals surface area contributed by atoms with Crippen molar-refractivity contribution in [3.63, 3.8) is 0 Å². The highest BCUT2D eigenvalue weighted by atomic mass is 16.3. The third-order valence-electron chi connectivity index (χ3n) is 5.02. The Labute approximate surface area is 111 Å². The number of amides is 2. The molecule has 2 amide bonds. The number of carbonyl (C=O) groups excluding carboxylic acids is 2. The molecule has 0 unspecified atom stereocenters. The lowest BCUT2D eigenvalue weighted by Gasteiger charge is -2.19. The van der Waals surface area contributed by atoms with Crippen LogP contribution in [0.5, 0.6) is 5.75 Å². The van der Waals surface area contributed by atoms with E-state index in [9.17, 15) is 14.7 Å². The topological polar surface area (TPSA) is 57.6 Å². The number of benzene rings is 1. The van der Waals surface area contributed by atoms with Crippen molar-refractivity contribution >= 4 is 17.5 Å². The van der Waals surface area contributed by atoms with Crippen LogP contribution >= 0.6 is 0 Å². The largest absolute Gasteiger partial charge is 0.508 e. The molecule has 2 bridgehead atoms. The molecule has 0 radical (unpaired) electrons. The number of anilines is 1. The van der Waals surface area contributed by atoms with Crippen molar-refractivity contribution in [2.24, 2.45) is 23.7 Å². The molecule has 1 aromatic carbocycles. The Bertz CT molecular complexity index is 555. The summed E-state index contributed by atoms with van der Waals surface area (Å²) < 4.78 is 0. The average Bonchev–Trinajstić information content (AvgIpc) is 3.04. The number of carbonyl (C=O) groups is 2. The van der Waals surface area contributed by atoms with Crippen LogP contribution in [0.4, 0.5) is 5.69 Å². The zero-order valence-corrected chi connectivity index (χ0v) is 10.5. The van der Waals surface area contributed by atoms with Gasteiger partial charge < -0.3 is 5.11 Å². The monoisotopic (exact) mass is 257 g/mol. The van der Waals surface area contributed by atoms with Gasteiger partial charge in [-0.2, -0.15) is 0 Å². The van der Waals surface area contributed by atoms with Crippen LogP contribution in [-0.4, -0.2) is 16.9 Å². The van der Waals surface area contributed by atoms with Crippen molar-refractivity contribution in [3.8, 4) is 5.75 Å². The Balaban J connectivity index is 1.75. The zero-order valence-electron chi connectivity index (χ0n) is 10.5. The van der Waals surface area contributed by atoms with Gasteiger partial charge in [0.05, 0.1) is 17.5 Å². The van der Waals surface area contributed by atoms with Gasteiger partial charge in [0.2, 0.25) is 11.8 Å². The van der Waals surface area contributed by atoms with E-state index in [1.165, 1.54) is 11.0 Å². The Morgan fingerprint density at radius 2 is 1.68 bits per heavy atom. The first-order valence-corrected chi connectivity index (χ1v) is 6.83. The molecule has 3 aliphatic rings. The van der Waals surface area contributed by atoms with E-state index in [1.807, 2.05) is 0 Å². The number of hydrogen-bond donors (Lipinski definition) is 1. The van der Waals surface area contributed by atoms with Crippen LogP contribution in [0.1, 0.15) is 19.3 Å². The van der Waals surface area contributed by atoms with Crippen LogP contribution in [-0.2, 0) is 9.59 Å². The minimum absolute atomic E-state index is 0.0622. The van der Waals surface area contributed by atoms with Gasteiger partial charge in [-0.3, -0.25) is 9.59 Å². The first-order valence-electron chi connectivity index (χ1n) is 6.83. The third-order valence-corrected chi connectivity index (χ3v) is 5.02. The van der Waals surface area contributed by atoms with Gasteiger partial charge in [-0.25, -0.2) is 4.90 Å². The van der Waals surface area contributed by atoms with Crippen LogP contribution in [0, 0.1) is 23.7 Å². The van der Waals surface area contributed by atoms with Gasteiger partial charge in [0.25, 0.3) is 0 Å². The predicted molar refractivity (Wildman–Crippen MR) is 68.4 cm³/mol. The number of aromatic hydroxyl groups is 1. The minimum Gasteiger partial charge on any atom is -0.508 e. The molecule has 19 heavy (non-hydrogen) atoms. The van der Waals surface area contributed by atoms with E-state index in [4.69, 9.17) is 0 Å². The lowest BCUT2D eigenvalue weighted by molar-refractivity contribution is -0.123. The maximum Gasteiger partial charge on any atom is 0.237 e. The second kappa shape index (κ2) is 3.59. The maximum absolute atomic E-state index is 12.5. The summed E-state index contributed by atoms with van der Waals surface area (Å²) >= 11 is 0. The standard InChI is InChI=1S/C15H15NO3/c17-11-3-1-2-10(7-11)16-14(18)12-8-4-5-9(6-8)13(12)15(16)19/h1-3,7-9,12-13,17H,4-6H2/t8-,9-,12-,13+/m1/s1. The smallest absolute Gasteiger partial charge is 0.237 e. The predicted octanol–water partition coefficient (Wildman–Crippen LogP) is 1.93. The van der Waals surface area contributed by atoms with Crippen LogP contribution < -0.4 is 4.90 Å². The molecular formula is C15H15NO3. The van der Waals surface area contributed by atoms with Gasteiger partial charge in [0.1, 0.15) is 5.75 Å². The van der Waals surface area contributed by atoms with Crippen molar-refractivity contribution < 1.29 is 14.7 Å². The highest BCUT2D eigenvalue weighted by molar-refractivity contribution is 6.22. The SMILES string of the molecule is O=C1[C@@H]2[C@@H]3CC[C@H](C3)[C@@H]2C(=O)N1c1cccc(O)c1.